The van der Waals surface area contributed by atoms with Crippen molar-refractivity contribution in [2.45, 2.75) is 31.5 Å². The number of hydrogen-bond donors (Lipinski definition) is 2. The van der Waals surface area contributed by atoms with Gasteiger partial charge in [0, 0.05) is 37.5 Å². The lowest BCUT2D eigenvalue weighted by Crippen LogP contribution is -2.48. The molecule has 0 saturated carbocycles. The molecule has 0 spiro atoms. The largest absolute Gasteiger partial charge is 0.496 e. The molecule has 8 heteroatoms. The van der Waals surface area contributed by atoms with Gasteiger partial charge in [0.25, 0.3) is 5.91 Å². The first-order valence-corrected chi connectivity index (χ1v) is 10.2. The Kier molecular flexibility index (Phi) is 6.18. The first-order valence-electron chi connectivity index (χ1n) is 10.2. The number of para-hydroxylation sites is 1. The second kappa shape index (κ2) is 9.18. The number of hydrazine groups is 1. The van der Waals surface area contributed by atoms with Crippen LogP contribution < -0.4 is 15.5 Å². The molecule has 162 valence electrons. The van der Waals surface area contributed by atoms with Crippen molar-refractivity contribution in [3.63, 3.8) is 0 Å². The van der Waals surface area contributed by atoms with E-state index in [2.05, 4.69) is 10.7 Å². The number of halogens is 1. The molecule has 7 nitrogen and oxygen atoms in total. The number of methoxy groups -OCH3 is 1. The molecular weight excluding hydrogens is 399 g/mol. The van der Waals surface area contributed by atoms with Gasteiger partial charge >= 0.3 is 0 Å². The normalized spacial score (nSPS) is 20.0. The summed E-state index contributed by atoms with van der Waals surface area (Å²) in [6.07, 6.45) is 4.27. The predicted octanol–water partition coefficient (Wildman–Crippen LogP) is 2.47. The summed E-state index contributed by atoms with van der Waals surface area (Å²) in [6.45, 7) is 0.672. The molecule has 2 aromatic rings. The van der Waals surface area contributed by atoms with Gasteiger partial charge in [-0.25, -0.2) is 9.82 Å². The van der Waals surface area contributed by atoms with Gasteiger partial charge in [0.1, 0.15) is 17.6 Å². The van der Waals surface area contributed by atoms with Crippen molar-refractivity contribution in [2.75, 3.05) is 13.7 Å². The van der Waals surface area contributed by atoms with Gasteiger partial charge < -0.3 is 20.0 Å². The fraction of sp³-hybridized carbons (Fsp3) is 0.304. The zero-order valence-corrected chi connectivity index (χ0v) is 17.3. The number of ether oxygens (including phenoxy) is 1. The van der Waals surface area contributed by atoms with Crippen molar-refractivity contribution in [2.24, 2.45) is 0 Å². The molecule has 1 saturated heterocycles. The molecule has 0 radical (unpaired) electrons. The van der Waals surface area contributed by atoms with Crippen LogP contribution in [0.4, 0.5) is 4.39 Å². The summed E-state index contributed by atoms with van der Waals surface area (Å²) < 4.78 is 18.5. The molecule has 1 fully saturated rings. The van der Waals surface area contributed by atoms with Gasteiger partial charge in [0.15, 0.2) is 0 Å². The van der Waals surface area contributed by atoms with E-state index in [1.807, 2.05) is 30.5 Å². The standard InChI is InChI=1S/C23H25FN4O3/c1-31-21-5-3-2-4-17(21)15-25-22(29)10-11-27-12-13-28-20(23(27)30)14-19(26-28)16-6-8-18(24)9-7-16/h2-9,12-13,19-20,26H,10-11,14-15H2,1H3,(H,25,29). The third kappa shape index (κ3) is 4.69. The highest BCUT2D eigenvalue weighted by Gasteiger charge is 2.39. The van der Waals surface area contributed by atoms with Crippen molar-refractivity contribution < 1.29 is 18.7 Å². The average Bonchev–Trinajstić information content (AvgIpc) is 3.23. The maximum atomic E-state index is 13.2. The number of carbonyl (C=O) groups is 2. The predicted molar refractivity (Wildman–Crippen MR) is 113 cm³/mol. The molecule has 2 N–H and O–H groups in total. The zero-order chi connectivity index (χ0) is 21.8. The molecule has 2 aliphatic heterocycles. The van der Waals surface area contributed by atoms with E-state index >= 15 is 0 Å². The minimum Gasteiger partial charge on any atom is -0.496 e. The molecule has 4 rings (SSSR count). The summed E-state index contributed by atoms with van der Waals surface area (Å²) in [6, 6.07) is 13.4. The van der Waals surface area contributed by atoms with Gasteiger partial charge in [-0.1, -0.05) is 30.3 Å². The molecular formula is C23H25FN4O3. The number of hydrogen-bond acceptors (Lipinski definition) is 5. The molecule has 2 atom stereocenters. The molecule has 0 aliphatic carbocycles. The molecule has 2 heterocycles. The lowest BCUT2D eigenvalue weighted by atomic mass is 10.0. The molecule has 2 aliphatic rings. The molecule has 2 unspecified atom stereocenters. The molecule has 0 bridgehead atoms. The Morgan fingerprint density at radius 2 is 1.97 bits per heavy atom. The summed E-state index contributed by atoms with van der Waals surface area (Å²) in [5.74, 6) is 0.243. The number of fused-ring (bicyclic) bond motifs is 1. The van der Waals surface area contributed by atoms with Crippen LogP contribution in [-0.4, -0.2) is 41.4 Å². The highest BCUT2D eigenvalue weighted by Crippen LogP contribution is 2.30. The second-order valence-corrected chi connectivity index (χ2v) is 7.56. The number of benzene rings is 2. The first-order chi connectivity index (χ1) is 15.0. The van der Waals surface area contributed by atoms with Gasteiger partial charge in [-0.15, -0.1) is 0 Å². The van der Waals surface area contributed by atoms with E-state index in [9.17, 15) is 14.0 Å². The number of rotatable bonds is 7. The van der Waals surface area contributed by atoms with Crippen LogP contribution in [0.15, 0.2) is 60.9 Å². The van der Waals surface area contributed by atoms with E-state index < -0.39 is 0 Å². The lowest BCUT2D eigenvalue weighted by molar-refractivity contribution is -0.134. The SMILES string of the molecule is COc1ccccc1CNC(=O)CCN1C=CN2NC(c3ccc(F)cc3)CC2C1=O. The topological polar surface area (TPSA) is 73.9 Å². The summed E-state index contributed by atoms with van der Waals surface area (Å²) in [4.78, 5) is 26.8. The maximum absolute atomic E-state index is 13.2. The summed E-state index contributed by atoms with van der Waals surface area (Å²) >= 11 is 0. The van der Waals surface area contributed by atoms with E-state index in [-0.39, 0.29) is 36.1 Å². The summed E-state index contributed by atoms with van der Waals surface area (Å²) in [7, 11) is 1.59. The quantitative estimate of drug-likeness (QED) is 0.715. The zero-order valence-electron chi connectivity index (χ0n) is 17.3. The minimum absolute atomic E-state index is 0.0582. The highest BCUT2D eigenvalue weighted by atomic mass is 19.1. The number of amides is 2. The Morgan fingerprint density at radius 3 is 2.74 bits per heavy atom. The Hall–Kier alpha value is -3.39. The van der Waals surface area contributed by atoms with Crippen molar-refractivity contribution in [1.29, 1.82) is 0 Å². The number of nitrogens with one attached hydrogen (secondary N) is 2. The van der Waals surface area contributed by atoms with Gasteiger partial charge in [-0.3, -0.25) is 9.59 Å². The van der Waals surface area contributed by atoms with Crippen LogP contribution in [0.5, 0.6) is 5.75 Å². The molecule has 2 amide bonds. The first kappa shape index (κ1) is 20.9. The average molecular weight is 424 g/mol. The Morgan fingerprint density at radius 1 is 1.19 bits per heavy atom. The van der Waals surface area contributed by atoms with Crippen LogP contribution in [0, 0.1) is 5.82 Å². The van der Waals surface area contributed by atoms with Crippen LogP contribution in [0.25, 0.3) is 0 Å². The van der Waals surface area contributed by atoms with Crippen molar-refractivity contribution >= 4 is 11.8 Å². The summed E-state index contributed by atoms with van der Waals surface area (Å²) in [5, 5.41) is 4.66. The smallest absolute Gasteiger partial charge is 0.250 e. The minimum atomic E-state index is -0.350. The fourth-order valence-electron chi connectivity index (χ4n) is 3.89. The van der Waals surface area contributed by atoms with Crippen LogP contribution in [0.3, 0.4) is 0 Å². The summed E-state index contributed by atoms with van der Waals surface area (Å²) in [5.41, 5.74) is 5.10. The van der Waals surface area contributed by atoms with Gasteiger partial charge in [0.05, 0.1) is 13.2 Å². The molecule has 0 aromatic heterocycles. The van der Waals surface area contributed by atoms with E-state index in [4.69, 9.17) is 4.74 Å². The van der Waals surface area contributed by atoms with Gasteiger partial charge in [-0.2, -0.15) is 0 Å². The second-order valence-electron chi connectivity index (χ2n) is 7.56. The van der Waals surface area contributed by atoms with Gasteiger partial charge in [0.2, 0.25) is 5.91 Å². The Labute approximate surface area is 180 Å². The Bertz CT molecular complexity index is 979. The van der Waals surface area contributed by atoms with Crippen molar-refractivity contribution in [3.05, 3.63) is 77.9 Å². The number of carbonyl (C=O) groups excluding carboxylic acids is 2. The third-order valence-corrected chi connectivity index (χ3v) is 5.60. The van der Waals surface area contributed by atoms with Gasteiger partial charge in [-0.05, 0) is 30.2 Å². The Balaban J connectivity index is 1.29. The van der Waals surface area contributed by atoms with E-state index in [0.29, 0.717) is 19.5 Å². The monoisotopic (exact) mass is 424 g/mol. The molecule has 2 aromatic carbocycles. The van der Waals surface area contributed by atoms with E-state index in [1.54, 1.807) is 35.4 Å². The van der Waals surface area contributed by atoms with E-state index in [1.165, 1.54) is 12.1 Å². The fourth-order valence-corrected chi connectivity index (χ4v) is 3.89. The van der Waals surface area contributed by atoms with Crippen molar-refractivity contribution in [1.82, 2.24) is 20.7 Å². The van der Waals surface area contributed by atoms with Crippen LogP contribution >= 0.6 is 0 Å². The van der Waals surface area contributed by atoms with Crippen LogP contribution in [0.1, 0.15) is 30.0 Å². The highest BCUT2D eigenvalue weighted by molar-refractivity contribution is 5.85. The van der Waals surface area contributed by atoms with E-state index in [0.717, 1.165) is 16.9 Å². The number of nitrogens with zero attached hydrogens (tertiary/aromatic N) is 2. The van der Waals surface area contributed by atoms with Crippen LogP contribution in [0.2, 0.25) is 0 Å². The van der Waals surface area contributed by atoms with Crippen molar-refractivity contribution in [3.8, 4) is 5.75 Å². The van der Waals surface area contributed by atoms with Crippen LogP contribution in [-0.2, 0) is 16.1 Å². The third-order valence-electron chi connectivity index (χ3n) is 5.60. The lowest BCUT2D eigenvalue weighted by Gasteiger charge is -2.31. The maximum Gasteiger partial charge on any atom is 0.250 e. The molecule has 31 heavy (non-hydrogen) atoms.